The number of carbonyl (C=O) groups is 2. The van der Waals surface area contributed by atoms with Crippen LogP contribution in [0.4, 0.5) is 10.3 Å². The lowest BCUT2D eigenvalue weighted by Crippen LogP contribution is -2.25. The third kappa shape index (κ3) is 3.42. The number of carboxylic acids is 1. The summed E-state index contributed by atoms with van der Waals surface area (Å²) in [4.78, 5) is 32.2. The molecule has 10 heteroatoms. The zero-order valence-corrected chi connectivity index (χ0v) is 14.4. The van der Waals surface area contributed by atoms with Crippen LogP contribution in [0.25, 0.3) is 5.65 Å². The summed E-state index contributed by atoms with van der Waals surface area (Å²) in [6, 6.07) is 5.58. The monoisotopic (exact) mass is 372 g/mol. The number of aromatic carboxylic acids is 1. The molecule has 0 bridgehead atoms. The molecule has 9 nitrogen and oxygen atoms in total. The van der Waals surface area contributed by atoms with Crippen LogP contribution in [0.5, 0.6) is 0 Å². The molecule has 27 heavy (non-hydrogen) atoms. The molecule has 0 atom stereocenters. The number of imidazole rings is 1. The van der Waals surface area contributed by atoms with Crippen LogP contribution >= 0.6 is 0 Å². The second-order valence-electron chi connectivity index (χ2n) is 5.88. The summed E-state index contributed by atoms with van der Waals surface area (Å²) in [6.45, 7) is 1.72. The Balaban J connectivity index is 1.94. The number of nitrogen functional groups attached to an aromatic ring is 1. The molecule has 2 aromatic heterocycles. The fourth-order valence-corrected chi connectivity index (χ4v) is 2.67. The molecule has 0 saturated heterocycles. The number of nitrogens with one attached hydrogen (secondary N) is 1. The molecule has 0 saturated carbocycles. The highest BCUT2D eigenvalue weighted by Crippen LogP contribution is 2.17. The van der Waals surface area contributed by atoms with Crippen molar-refractivity contribution < 1.29 is 19.1 Å². The number of aryl methyl sites for hydroxylation is 1. The second kappa shape index (κ2) is 7.00. The van der Waals surface area contributed by atoms with Crippen LogP contribution in [0.1, 0.15) is 37.8 Å². The Labute approximate surface area is 152 Å². The van der Waals surface area contributed by atoms with Gasteiger partial charge in [-0.2, -0.15) is 0 Å². The minimum atomic E-state index is -1.29. The lowest BCUT2D eigenvalue weighted by atomic mass is 10.1. The number of aromatic nitrogens is 3. The molecule has 0 aliphatic heterocycles. The highest BCUT2D eigenvalue weighted by atomic mass is 19.1. The first kappa shape index (κ1) is 18.3. The van der Waals surface area contributed by atoms with E-state index in [0.29, 0.717) is 11.1 Å². The van der Waals surface area contributed by atoms with Crippen molar-refractivity contribution in [1.82, 2.24) is 19.7 Å². The number of benzene rings is 1. The zero-order chi connectivity index (χ0) is 19.7. The van der Waals surface area contributed by atoms with E-state index in [9.17, 15) is 19.1 Å². The van der Waals surface area contributed by atoms with Crippen LogP contribution in [0.2, 0.25) is 0 Å². The van der Waals surface area contributed by atoms with Gasteiger partial charge < -0.3 is 21.9 Å². The van der Waals surface area contributed by atoms with Gasteiger partial charge in [-0.05, 0) is 24.1 Å². The van der Waals surface area contributed by atoms with Crippen molar-refractivity contribution in [1.29, 1.82) is 0 Å². The van der Waals surface area contributed by atoms with Crippen LogP contribution in [0.15, 0.2) is 24.3 Å². The van der Waals surface area contributed by atoms with Crippen LogP contribution in [0, 0.1) is 12.7 Å². The van der Waals surface area contributed by atoms with Gasteiger partial charge in [0.2, 0.25) is 5.95 Å². The highest BCUT2D eigenvalue weighted by Gasteiger charge is 2.21. The number of amides is 1. The molecule has 0 spiro atoms. The SMILES string of the molecule is Cc1cc(CNC(=O)c2cc(C(=O)O)n3c(N)nc(CN)c3n2)ccc1F. The molecule has 0 radical (unpaired) electrons. The van der Waals surface area contributed by atoms with E-state index >= 15 is 0 Å². The molecular weight excluding hydrogens is 355 g/mol. The maximum Gasteiger partial charge on any atom is 0.353 e. The number of hydrogen-bond acceptors (Lipinski definition) is 6. The smallest absolute Gasteiger partial charge is 0.353 e. The number of fused-ring (bicyclic) bond motifs is 1. The van der Waals surface area contributed by atoms with Gasteiger partial charge in [-0.25, -0.2) is 19.2 Å². The summed E-state index contributed by atoms with van der Waals surface area (Å²) in [5, 5.41) is 12.1. The summed E-state index contributed by atoms with van der Waals surface area (Å²) in [5.41, 5.74) is 12.5. The first-order valence-electron chi connectivity index (χ1n) is 7.96. The summed E-state index contributed by atoms with van der Waals surface area (Å²) in [7, 11) is 0. The Morgan fingerprint density at radius 1 is 1.30 bits per heavy atom. The van der Waals surface area contributed by atoms with Crippen molar-refractivity contribution in [3.8, 4) is 0 Å². The molecule has 0 fully saturated rings. The molecule has 2 heterocycles. The lowest BCUT2D eigenvalue weighted by Gasteiger charge is -2.09. The molecular formula is C17H17FN6O3. The molecule has 3 aromatic rings. The maximum absolute atomic E-state index is 13.3. The molecule has 1 amide bonds. The van der Waals surface area contributed by atoms with Gasteiger partial charge in [0.25, 0.3) is 5.91 Å². The third-order valence-corrected chi connectivity index (χ3v) is 4.01. The van der Waals surface area contributed by atoms with Crippen molar-refractivity contribution in [3.05, 3.63) is 58.3 Å². The van der Waals surface area contributed by atoms with Gasteiger partial charge >= 0.3 is 5.97 Å². The fraction of sp³-hybridized carbons (Fsp3) is 0.176. The molecule has 3 rings (SSSR count). The maximum atomic E-state index is 13.3. The second-order valence-corrected chi connectivity index (χ2v) is 5.88. The number of hydrogen-bond donors (Lipinski definition) is 4. The fourth-order valence-electron chi connectivity index (χ4n) is 2.67. The Hall–Kier alpha value is -3.53. The Bertz CT molecular complexity index is 1060. The first-order chi connectivity index (χ1) is 12.8. The normalized spacial score (nSPS) is 10.9. The zero-order valence-electron chi connectivity index (χ0n) is 14.4. The van der Waals surface area contributed by atoms with Crippen molar-refractivity contribution in [2.45, 2.75) is 20.0 Å². The van der Waals surface area contributed by atoms with E-state index in [-0.39, 0.29) is 47.6 Å². The highest BCUT2D eigenvalue weighted by molar-refractivity contribution is 5.96. The van der Waals surface area contributed by atoms with Crippen LogP contribution in [0.3, 0.4) is 0 Å². The molecule has 6 N–H and O–H groups in total. The van der Waals surface area contributed by atoms with E-state index in [2.05, 4.69) is 15.3 Å². The largest absolute Gasteiger partial charge is 0.477 e. The van der Waals surface area contributed by atoms with Crippen LogP contribution in [-0.2, 0) is 13.1 Å². The van der Waals surface area contributed by atoms with Gasteiger partial charge in [-0.3, -0.25) is 9.20 Å². The number of anilines is 1. The number of halogens is 1. The predicted octanol–water partition coefficient (Wildman–Crippen LogP) is 0.846. The molecule has 1 aromatic carbocycles. The lowest BCUT2D eigenvalue weighted by molar-refractivity contribution is 0.0688. The summed E-state index contributed by atoms with van der Waals surface area (Å²) in [6.07, 6.45) is 0. The Morgan fingerprint density at radius 2 is 2.04 bits per heavy atom. The van der Waals surface area contributed by atoms with E-state index in [1.54, 1.807) is 19.1 Å². The molecule has 140 valence electrons. The van der Waals surface area contributed by atoms with Crippen molar-refractivity contribution >= 4 is 23.5 Å². The molecule has 0 aliphatic carbocycles. The van der Waals surface area contributed by atoms with E-state index < -0.39 is 11.9 Å². The predicted molar refractivity (Wildman–Crippen MR) is 94.6 cm³/mol. The van der Waals surface area contributed by atoms with Crippen LogP contribution in [-0.4, -0.2) is 31.4 Å². The van der Waals surface area contributed by atoms with E-state index in [1.807, 2.05) is 0 Å². The number of nitrogens with zero attached hydrogens (tertiary/aromatic N) is 3. The van der Waals surface area contributed by atoms with E-state index in [1.165, 1.54) is 6.07 Å². The third-order valence-electron chi connectivity index (χ3n) is 4.01. The van der Waals surface area contributed by atoms with Gasteiger partial charge in [0, 0.05) is 19.2 Å². The average Bonchev–Trinajstić information content (AvgIpc) is 2.97. The van der Waals surface area contributed by atoms with Gasteiger partial charge in [0.05, 0.1) is 0 Å². The topological polar surface area (TPSA) is 149 Å². The summed E-state index contributed by atoms with van der Waals surface area (Å²) >= 11 is 0. The van der Waals surface area contributed by atoms with Gasteiger partial charge in [0.1, 0.15) is 22.9 Å². The number of nitrogens with two attached hydrogens (primary N) is 2. The number of carbonyl (C=O) groups excluding carboxylic acids is 1. The summed E-state index contributed by atoms with van der Waals surface area (Å²) in [5.74, 6) is -2.30. The minimum absolute atomic E-state index is 0.0211. The number of rotatable bonds is 5. The van der Waals surface area contributed by atoms with Crippen molar-refractivity contribution in [2.24, 2.45) is 5.73 Å². The van der Waals surface area contributed by atoms with Gasteiger partial charge in [0.15, 0.2) is 5.65 Å². The minimum Gasteiger partial charge on any atom is -0.477 e. The average molecular weight is 372 g/mol. The van der Waals surface area contributed by atoms with E-state index in [0.717, 1.165) is 10.5 Å². The standard InChI is InChI=1S/C17H17FN6O3/c1-8-4-9(2-3-10(8)18)7-21-15(25)11-5-13(16(26)27)24-14(22-11)12(6-19)23-17(24)20/h2-5H,6-7,19H2,1H3,(H2,20,23)(H,21,25)(H,26,27). The quantitative estimate of drug-likeness (QED) is 0.518. The molecule has 0 aliphatic rings. The van der Waals surface area contributed by atoms with Crippen molar-refractivity contribution in [3.63, 3.8) is 0 Å². The first-order valence-corrected chi connectivity index (χ1v) is 7.96. The van der Waals surface area contributed by atoms with Gasteiger partial charge in [-0.15, -0.1) is 0 Å². The Kier molecular flexibility index (Phi) is 4.74. The van der Waals surface area contributed by atoms with Crippen LogP contribution < -0.4 is 16.8 Å². The summed E-state index contributed by atoms with van der Waals surface area (Å²) < 4.78 is 14.5. The number of carboxylic acid groups (broad SMARTS) is 1. The van der Waals surface area contributed by atoms with Gasteiger partial charge in [-0.1, -0.05) is 12.1 Å². The van der Waals surface area contributed by atoms with Crippen molar-refractivity contribution in [2.75, 3.05) is 5.73 Å². The Morgan fingerprint density at radius 3 is 2.67 bits per heavy atom. The van der Waals surface area contributed by atoms with E-state index in [4.69, 9.17) is 11.5 Å². The molecule has 0 unspecified atom stereocenters.